The summed E-state index contributed by atoms with van der Waals surface area (Å²) >= 11 is 3.56. The fraction of sp³-hybridized carbons (Fsp3) is 0.308. The highest BCUT2D eigenvalue weighted by Crippen LogP contribution is 2.33. The molecule has 0 aliphatic rings. The first-order valence-corrected chi connectivity index (χ1v) is 11.7. The number of ether oxygens (including phenoxy) is 1. The lowest BCUT2D eigenvalue weighted by atomic mass is 10.1. The zero-order valence-corrected chi connectivity index (χ0v) is 20.6. The van der Waals surface area contributed by atoms with Gasteiger partial charge in [-0.1, -0.05) is 55.5 Å². The van der Waals surface area contributed by atoms with E-state index in [0.717, 1.165) is 21.7 Å². The molecule has 0 saturated heterocycles. The van der Waals surface area contributed by atoms with Crippen LogP contribution in [0.1, 0.15) is 32.8 Å². The fourth-order valence-corrected chi connectivity index (χ4v) is 4.01. The van der Waals surface area contributed by atoms with Gasteiger partial charge in [0.05, 0.1) is 4.47 Å². The molecule has 2 amide bonds. The van der Waals surface area contributed by atoms with E-state index < -0.39 is 17.8 Å². The predicted octanol–water partition coefficient (Wildman–Crippen LogP) is 5.45. The molecular weight excluding hydrogens is 487 g/mol. The maximum atomic E-state index is 14.3. The van der Waals surface area contributed by atoms with Gasteiger partial charge in [0.25, 0.3) is 5.91 Å². The van der Waals surface area contributed by atoms with Gasteiger partial charge in [0.1, 0.15) is 17.6 Å². The standard InChI is InChI=1S/C26H28BrFN2O3/c1-4-17(2)29-26(32)18(3)30(15-20-10-6-8-12-22(20)28)24(31)16-33-23-14-13-19-9-5-7-11-21(19)25(23)27/h5-14,17-18H,4,15-16H2,1-3H3,(H,29,32)/t17-,18-/m0/s1. The topological polar surface area (TPSA) is 58.6 Å². The maximum absolute atomic E-state index is 14.3. The Balaban J connectivity index is 1.80. The van der Waals surface area contributed by atoms with Gasteiger partial charge in [0.15, 0.2) is 6.61 Å². The summed E-state index contributed by atoms with van der Waals surface area (Å²) in [6.45, 7) is 5.18. The van der Waals surface area contributed by atoms with E-state index in [-0.39, 0.29) is 25.1 Å². The SMILES string of the molecule is CC[C@H](C)NC(=O)[C@H](C)N(Cc1ccccc1F)C(=O)COc1ccc2ccccc2c1Br. The summed E-state index contributed by atoms with van der Waals surface area (Å²) < 4.78 is 20.9. The lowest BCUT2D eigenvalue weighted by Crippen LogP contribution is -2.50. The first kappa shape index (κ1) is 24.7. The molecule has 0 saturated carbocycles. The zero-order valence-electron chi connectivity index (χ0n) is 19.0. The van der Waals surface area contributed by atoms with Crippen LogP contribution in [0.5, 0.6) is 5.75 Å². The largest absolute Gasteiger partial charge is 0.483 e. The highest BCUT2D eigenvalue weighted by atomic mass is 79.9. The number of hydrogen-bond acceptors (Lipinski definition) is 3. The minimum absolute atomic E-state index is 0.0323. The fourth-order valence-electron chi connectivity index (χ4n) is 3.41. The number of hydrogen-bond donors (Lipinski definition) is 1. The van der Waals surface area contributed by atoms with E-state index in [1.807, 2.05) is 44.2 Å². The Morgan fingerprint density at radius 2 is 1.76 bits per heavy atom. The lowest BCUT2D eigenvalue weighted by molar-refractivity contribution is -0.142. The van der Waals surface area contributed by atoms with E-state index in [4.69, 9.17) is 4.74 Å². The molecule has 0 fully saturated rings. The Kier molecular flexibility index (Phi) is 8.44. The summed E-state index contributed by atoms with van der Waals surface area (Å²) in [5, 5.41) is 4.90. The maximum Gasteiger partial charge on any atom is 0.261 e. The van der Waals surface area contributed by atoms with Gasteiger partial charge in [-0.15, -0.1) is 0 Å². The second-order valence-corrected chi connectivity index (χ2v) is 8.79. The van der Waals surface area contributed by atoms with Crippen molar-refractivity contribution >= 4 is 38.5 Å². The third-order valence-electron chi connectivity index (χ3n) is 5.65. The predicted molar refractivity (Wildman–Crippen MR) is 131 cm³/mol. The molecule has 2 atom stereocenters. The molecular formula is C26H28BrFN2O3. The van der Waals surface area contributed by atoms with E-state index in [0.29, 0.717) is 11.3 Å². The molecule has 1 N–H and O–H groups in total. The number of halogens is 2. The van der Waals surface area contributed by atoms with Gasteiger partial charge < -0.3 is 15.0 Å². The lowest BCUT2D eigenvalue weighted by Gasteiger charge is -2.29. The van der Waals surface area contributed by atoms with Crippen molar-refractivity contribution in [2.45, 2.75) is 45.8 Å². The van der Waals surface area contributed by atoms with Gasteiger partial charge in [-0.2, -0.15) is 0 Å². The van der Waals surface area contributed by atoms with Crippen LogP contribution in [0.15, 0.2) is 65.1 Å². The highest BCUT2D eigenvalue weighted by molar-refractivity contribution is 9.10. The summed E-state index contributed by atoms with van der Waals surface area (Å²) in [5.74, 6) is -0.612. The van der Waals surface area contributed by atoms with Crippen molar-refractivity contribution in [3.05, 3.63) is 76.5 Å². The summed E-state index contributed by atoms with van der Waals surface area (Å²) in [7, 11) is 0. The molecule has 7 heteroatoms. The van der Waals surface area contributed by atoms with Crippen LogP contribution >= 0.6 is 15.9 Å². The third-order valence-corrected chi connectivity index (χ3v) is 6.46. The molecule has 3 rings (SSSR count). The molecule has 174 valence electrons. The van der Waals surface area contributed by atoms with Crippen molar-refractivity contribution in [2.24, 2.45) is 0 Å². The van der Waals surface area contributed by atoms with Gasteiger partial charge >= 0.3 is 0 Å². The van der Waals surface area contributed by atoms with Gasteiger partial charge in [-0.05, 0) is 59.1 Å². The second-order valence-electron chi connectivity index (χ2n) is 7.99. The molecule has 0 aromatic heterocycles. The molecule has 0 spiro atoms. The number of nitrogens with zero attached hydrogens (tertiary/aromatic N) is 1. The van der Waals surface area contributed by atoms with E-state index in [1.54, 1.807) is 31.2 Å². The Hall–Kier alpha value is -2.93. The summed E-state index contributed by atoms with van der Waals surface area (Å²) in [6, 6.07) is 16.9. The molecule has 0 aliphatic heterocycles. The summed E-state index contributed by atoms with van der Waals surface area (Å²) in [6.07, 6.45) is 0.763. The Morgan fingerprint density at radius 3 is 2.48 bits per heavy atom. The van der Waals surface area contributed by atoms with Crippen LogP contribution in [0.2, 0.25) is 0 Å². The molecule has 0 aliphatic carbocycles. The Bertz CT molecular complexity index is 1140. The average Bonchev–Trinajstić information content (AvgIpc) is 2.82. The molecule has 5 nitrogen and oxygen atoms in total. The molecule has 3 aromatic rings. The first-order chi connectivity index (χ1) is 15.8. The van der Waals surface area contributed by atoms with Crippen LogP contribution < -0.4 is 10.1 Å². The van der Waals surface area contributed by atoms with Crippen molar-refractivity contribution < 1.29 is 18.7 Å². The number of carbonyl (C=O) groups is 2. The van der Waals surface area contributed by atoms with E-state index in [1.165, 1.54) is 11.0 Å². The van der Waals surface area contributed by atoms with Crippen LogP contribution in [0.25, 0.3) is 10.8 Å². The monoisotopic (exact) mass is 514 g/mol. The van der Waals surface area contributed by atoms with Crippen molar-refractivity contribution in [1.82, 2.24) is 10.2 Å². The number of benzene rings is 3. The summed E-state index contributed by atoms with van der Waals surface area (Å²) in [4.78, 5) is 27.3. The Labute approximate surface area is 202 Å². The molecule has 33 heavy (non-hydrogen) atoms. The third kappa shape index (κ3) is 6.11. The van der Waals surface area contributed by atoms with Crippen LogP contribution in [-0.2, 0) is 16.1 Å². The average molecular weight is 515 g/mol. The Morgan fingerprint density at radius 1 is 1.06 bits per heavy atom. The van der Waals surface area contributed by atoms with Crippen molar-refractivity contribution in [3.8, 4) is 5.75 Å². The van der Waals surface area contributed by atoms with Crippen molar-refractivity contribution in [3.63, 3.8) is 0 Å². The molecule has 0 heterocycles. The van der Waals surface area contributed by atoms with Gasteiger partial charge in [0.2, 0.25) is 5.91 Å². The first-order valence-electron chi connectivity index (χ1n) is 10.9. The normalized spacial score (nSPS) is 12.8. The zero-order chi connectivity index (χ0) is 24.0. The molecule has 0 radical (unpaired) electrons. The number of amides is 2. The number of carbonyl (C=O) groups excluding carboxylic acids is 2. The number of fused-ring (bicyclic) bond motifs is 1. The van der Waals surface area contributed by atoms with E-state index >= 15 is 0 Å². The van der Waals surface area contributed by atoms with Crippen LogP contribution in [-0.4, -0.2) is 35.4 Å². The highest BCUT2D eigenvalue weighted by Gasteiger charge is 2.28. The van der Waals surface area contributed by atoms with Gasteiger partial charge in [-0.25, -0.2) is 4.39 Å². The van der Waals surface area contributed by atoms with E-state index in [2.05, 4.69) is 21.2 Å². The van der Waals surface area contributed by atoms with Gasteiger partial charge in [0, 0.05) is 18.2 Å². The van der Waals surface area contributed by atoms with Crippen LogP contribution in [0.4, 0.5) is 4.39 Å². The number of rotatable bonds is 9. The van der Waals surface area contributed by atoms with Crippen molar-refractivity contribution in [1.29, 1.82) is 0 Å². The molecule has 0 unspecified atom stereocenters. The minimum Gasteiger partial charge on any atom is -0.483 e. The minimum atomic E-state index is -0.797. The summed E-state index contributed by atoms with van der Waals surface area (Å²) in [5.41, 5.74) is 0.334. The molecule has 3 aromatic carbocycles. The van der Waals surface area contributed by atoms with Crippen molar-refractivity contribution in [2.75, 3.05) is 6.61 Å². The smallest absolute Gasteiger partial charge is 0.261 e. The quantitative estimate of drug-likeness (QED) is 0.412. The van der Waals surface area contributed by atoms with Crippen LogP contribution in [0, 0.1) is 5.82 Å². The molecule has 0 bridgehead atoms. The van der Waals surface area contributed by atoms with E-state index in [9.17, 15) is 14.0 Å². The second kappa shape index (κ2) is 11.3. The van der Waals surface area contributed by atoms with Crippen LogP contribution in [0.3, 0.4) is 0 Å². The number of nitrogens with one attached hydrogen (secondary N) is 1. The van der Waals surface area contributed by atoms with Gasteiger partial charge in [-0.3, -0.25) is 9.59 Å².